The zero-order valence-electron chi connectivity index (χ0n) is 19.9. The predicted octanol–water partition coefficient (Wildman–Crippen LogP) is 3.66. The SMILES string of the molecule is N#C[C@@H]1C[C@@H]1COc1nc(C(=O)CC2CCC2)cc(N2CCC(COc3cccnc3N)CC2)n1. The highest BCUT2D eigenvalue weighted by atomic mass is 16.5. The summed E-state index contributed by atoms with van der Waals surface area (Å²) in [4.78, 5) is 28.3. The summed E-state index contributed by atoms with van der Waals surface area (Å²) in [5.41, 5.74) is 6.31. The lowest BCUT2D eigenvalue weighted by Crippen LogP contribution is -2.36. The number of carbonyl (C=O) groups is 1. The fourth-order valence-electron chi connectivity index (χ4n) is 4.68. The Bertz CT molecular complexity index is 1090. The van der Waals surface area contributed by atoms with Gasteiger partial charge in [0.25, 0.3) is 0 Å². The third-order valence-corrected chi connectivity index (χ3v) is 7.40. The van der Waals surface area contributed by atoms with E-state index < -0.39 is 0 Å². The molecule has 3 fully saturated rings. The minimum absolute atomic E-state index is 0.0566. The Balaban J connectivity index is 1.22. The fraction of sp³-hybridized carbons (Fsp3) is 0.577. The van der Waals surface area contributed by atoms with Crippen LogP contribution in [0.3, 0.4) is 0 Å². The lowest BCUT2D eigenvalue weighted by molar-refractivity contribution is 0.0930. The molecule has 2 saturated carbocycles. The number of nitrogens with two attached hydrogens (primary N) is 1. The van der Waals surface area contributed by atoms with Gasteiger partial charge in [-0.3, -0.25) is 4.79 Å². The molecule has 0 amide bonds. The number of carbonyl (C=O) groups excluding carboxylic acids is 1. The van der Waals surface area contributed by atoms with Gasteiger partial charge in [0.1, 0.15) is 11.5 Å². The number of piperidine rings is 1. The summed E-state index contributed by atoms with van der Waals surface area (Å²) < 4.78 is 11.8. The summed E-state index contributed by atoms with van der Waals surface area (Å²) in [5.74, 6) is 2.98. The molecule has 9 nitrogen and oxygen atoms in total. The van der Waals surface area contributed by atoms with Crippen LogP contribution >= 0.6 is 0 Å². The highest BCUT2D eigenvalue weighted by Gasteiger charge is 2.38. The Kier molecular flexibility index (Phi) is 6.98. The monoisotopic (exact) mass is 476 g/mol. The number of ether oxygens (including phenoxy) is 2. The molecule has 3 aliphatic rings. The van der Waals surface area contributed by atoms with Crippen molar-refractivity contribution < 1.29 is 14.3 Å². The molecule has 0 unspecified atom stereocenters. The molecule has 2 atom stereocenters. The van der Waals surface area contributed by atoms with Crippen LogP contribution in [0, 0.1) is 35.0 Å². The summed E-state index contributed by atoms with van der Waals surface area (Å²) in [6.45, 7) is 2.62. The standard InChI is InChI=1S/C26H32N6O3/c27-14-19-12-20(19)16-35-26-30-21(22(33)11-17-3-1-4-17)13-24(31-26)32-9-6-18(7-10-32)15-34-23-5-2-8-29-25(23)28/h2,5,8,13,17-20H,1,3-4,6-7,9-12,15-16H2,(H2,28,29)/t19-,20+/m0/s1. The van der Waals surface area contributed by atoms with Gasteiger partial charge >= 0.3 is 6.01 Å². The zero-order chi connectivity index (χ0) is 24.2. The number of nitrogen functional groups attached to an aromatic ring is 1. The largest absolute Gasteiger partial charge is 0.489 e. The summed E-state index contributed by atoms with van der Waals surface area (Å²) in [6, 6.07) is 7.98. The van der Waals surface area contributed by atoms with Gasteiger partial charge in [-0.1, -0.05) is 19.3 Å². The van der Waals surface area contributed by atoms with E-state index in [0.717, 1.165) is 51.0 Å². The van der Waals surface area contributed by atoms with Gasteiger partial charge in [0.15, 0.2) is 17.4 Å². The summed E-state index contributed by atoms with van der Waals surface area (Å²) >= 11 is 0. The van der Waals surface area contributed by atoms with Gasteiger partial charge in [0.2, 0.25) is 0 Å². The molecule has 2 aliphatic carbocycles. The second-order valence-corrected chi connectivity index (χ2v) is 9.99. The van der Waals surface area contributed by atoms with E-state index in [9.17, 15) is 4.79 Å². The molecule has 3 heterocycles. The van der Waals surface area contributed by atoms with E-state index >= 15 is 0 Å². The summed E-state index contributed by atoms with van der Waals surface area (Å²) in [6.07, 6.45) is 8.35. The second kappa shape index (κ2) is 10.5. The highest BCUT2D eigenvalue weighted by Crippen LogP contribution is 2.38. The molecule has 9 heteroatoms. The molecule has 2 aromatic heterocycles. The van der Waals surface area contributed by atoms with Crippen molar-refractivity contribution in [2.75, 3.05) is 36.9 Å². The van der Waals surface area contributed by atoms with E-state index in [1.165, 1.54) is 6.42 Å². The molecule has 5 rings (SSSR count). The molecule has 1 saturated heterocycles. The molecule has 2 aromatic rings. The van der Waals surface area contributed by atoms with Crippen LogP contribution in [-0.4, -0.2) is 47.0 Å². The molecule has 1 aliphatic heterocycles. The van der Waals surface area contributed by atoms with Crippen LogP contribution < -0.4 is 20.1 Å². The van der Waals surface area contributed by atoms with Crippen LogP contribution in [0.4, 0.5) is 11.6 Å². The van der Waals surface area contributed by atoms with Crippen LogP contribution in [0.25, 0.3) is 0 Å². The van der Waals surface area contributed by atoms with Crippen LogP contribution in [-0.2, 0) is 0 Å². The quantitative estimate of drug-likeness (QED) is 0.511. The van der Waals surface area contributed by atoms with Gasteiger partial charge in [0, 0.05) is 37.7 Å². The van der Waals surface area contributed by atoms with E-state index in [1.807, 2.05) is 18.2 Å². The van der Waals surface area contributed by atoms with Gasteiger partial charge in [-0.25, -0.2) is 4.98 Å². The minimum Gasteiger partial charge on any atom is -0.489 e. The van der Waals surface area contributed by atoms with E-state index in [2.05, 4.69) is 25.9 Å². The Morgan fingerprint density at radius 1 is 1.14 bits per heavy atom. The average molecular weight is 477 g/mol. The van der Waals surface area contributed by atoms with E-state index in [1.54, 1.807) is 6.20 Å². The van der Waals surface area contributed by atoms with Gasteiger partial charge in [-0.05, 0) is 43.2 Å². The Morgan fingerprint density at radius 3 is 2.66 bits per heavy atom. The maximum Gasteiger partial charge on any atom is 0.319 e. The Hall–Kier alpha value is -3.41. The average Bonchev–Trinajstić information content (AvgIpc) is 3.63. The molecule has 0 spiro atoms. The van der Waals surface area contributed by atoms with Crippen molar-refractivity contribution in [1.29, 1.82) is 5.26 Å². The predicted molar refractivity (Wildman–Crippen MR) is 130 cm³/mol. The van der Waals surface area contributed by atoms with Crippen molar-refractivity contribution >= 4 is 17.4 Å². The van der Waals surface area contributed by atoms with Crippen molar-refractivity contribution in [2.24, 2.45) is 23.7 Å². The van der Waals surface area contributed by atoms with Crippen LogP contribution in [0.15, 0.2) is 24.4 Å². The number of Topliss-reactive ketones (excluding diaryl/α,β-unsaturated/α-hetero) is 1. The van der Waals surface area contributed by atoms with Gasteiger partial charge in [0.05, 0.1) is 25.2 Å². The first kappa shape index (κ1) is 23.3. The van der Waals surface area contributed by atoms with Crippen LogP contribution in [0.1, 0.15) is 55.4 Å². The number of aromatic nitrogens is 3. The van der Waals surface area contributed by atoms with Gasteiger partial charge in [-0.15, -0.1) is 0 Å². The summed E-state index contributed by atoms with van der Waals surface area (Å²) in [5, 5.41) is 9.05. The van der Waals surface area contributed by atoms with E-state index in [-0.39, 0.29) is 23.6 Å². The smallest absolute Gasteiger partial charge is 0.319 e. The maximum absolute atomic E-state index is 12.9. The van der Waals surface area contributed by atoms with Gasteiger partial charge < -0.3 is 20.1 Å². The number of ketones is 1. The maximum atomic E-state index is 12.9. The van der Waals surface area contributed by atoms with E-state index in [4.69, 9.17) is 20.5 Å². The van der Waals surface area contributed by atoms with Crippen molar-refractivity contribution in [3.8, 4) is 17.8 Å². The third kappa shape index (κ3) is 5.81. The first-order valence-electron chi connectivity index (χ1n) is 12.6. The third-order valence-electron chi connectivity index (χ3n) is 7.40. The lowest BCUT2D eigenvalue weighted by Gasteiger charge is -2.33. The van der Waals surface area contributed by atoms with Crippen LogP contribution in [0.5, 0.6) is 11.8 Å². The second-order valence-electron chi connectivity index (χ2n) is 9.99. The molecule has 0 radical (unpaired) electrons. The van der Waals surface area contributed by atoms with Crippen molar-refractivity contribution in [2.45, 2.75) is 44.9 Å². The number of pyridine rings is 1. The number of anilines is 2. The first-order valence-corrected chi connectivity index (χ1v) is 12.6. The molecular formula is C26H32N6O3. The molecular weight excluding hydrogens is 444 g/mol. The molecule has 2 N–H and O–H groups in total. The van der Waals surface area contributed by atoms with Crippen molar-refractivity contribution in [1.82, 2.24) is 15.0 Å². The fourth-order valence-corrected chi connectivity index (χ4v) is 4.68. The van der Waals surface area contributed by atoms with Crippen LogP contribution in [0.2, 0.25) is 0 Å². The number of hydrogen-bond acceptors (Lipinski definition) is 9. The van der Waals surface area contributed by atoms with Gasteiger partial charge in [-0.2, -0.15) is 15.2 Å². The Morgan fingerprint density at radius 2 is 1.97 bits per heavy atom. The molecule has 184 valence electrons. The molecule has 35 heavy (non-hydrogen) atoms. The van der Waals surface area contributed by atoms with E-state index in [0.29, 0.717) is 48.7 Å². The van der Waals surface area contributed by atoms with Crippen molar-refractivity contribution in [3.05, 3.63) is 30.1 Å². The highest BCUT2D eigenvalue weighted by molar-refractivity contribution is 5.95. The Labute approximate surface area is 205 Å². The summed E-state index contributed by atoms with van der Waals surface area (Å²) in [7, 11) is 0. The minimum atomic E-state index is 0.0566. The lowest BCUT2D eigenvalue weighted by atomic mass is 9.81. The first-order chi connectivity index (χ1) is 17.1. The number of rotatable bonds is 10. The number of nitrogens with zero attached hydrogens (tertiary/aromatic N) is 5. The normalized spacial score (nSPS) is 22.2. The molecule has 0 aromatic carbocycles. The number of hydrogen-bond donors (Lipinski definition) is 1. The van der Waals surface area contributed by atoms with Crippen molar-refractivity contribution in [3.63, 3.8) is 0 Å². The molecule has 0 bridgehead atoms. The number of nitriles is 1. The topological polar surface area (TPSA) is 127 Å². The zero-order valence-corrected chi connectivity index (χ0v) is 19.9.